The van der Waals surface area contributed by atoms with Gasteiger partial charge in [-0.05, 0) is 61.3 Å². The number of carbonyl (C=O) groups excluding carboxylic acids is 2. The van der Waals surface area contributed by atoms with Gasteiger partial charge in [-0.2, -0.15) is 0 Å². The molecule has 0 aliphatic carbocycles. The molecule has 0 saturated carbocycles. The number of nitrogens with two attached hydrogens (primary N) is 1. The highest BCUT2D eigenvalue weighted by Gasteiger charge is 2.38. The van der Waals surface area contributed by atoms with E-state index in [4.69, 9.17) is 5.73 Å². The van der Waals surface area contributed by atoms with E-state index in [1.807, 2.05) is 36.4 Å². The van der Waals surface area contributed by atoms with Gasteiger partial charge in [-0.15, -0.1) is 0 Å². The summed E-state index contributed by atoms with van der Waals surface area (Å²) in [5.41, 5.74) is 6.49. The Kier molecular flexibility index (Phi) is 4.70. The zero-order valence-electron chi connectivity index (χ0n) is 14.4. The fraction of sp³-hybridized carbons (Fsp3) is 0.300. The molecule has 2 aromatic carbocycles. The number of benzene rings is 2. The Balaban J connectivity index is 1.39. The lowest BCUT2D eigenvalue weighted by molar-refractivity contribution is 0.0923. The van der Waals surface area contributed by atoms with Gasteiger partial charge >= 0.3 is 0 Å². The molecule has 6 heteroatoms. The number of piperidine rings is 1. The average Bonchev–Trinajstić information content (AvgIpc) is 3.25. The first-order valence-electron chi connectivity index (χ1n) is 8.79. The third-order valence-corrected chi connectivity index (χ3v) is 6.12. The molecule has 2 aromatic rings. The number of hydrogen-bond acceptors (Lipinski definition) is 4. The van der Waals surface area contributed by atoms with Crippen molar-refractivity contribution >= 4 is 23.6 Å². The van der Waals surface area contributed by atoms with Crippen LogP contribution in [0.1, 0.15) is 27.1 Å². The van der Waals surface area contributed by atoms with Crippen LogP contribution in [-0.4, -0.2) is 42.4 Å². The Morgan fingerprint density at radius 2 is 1.85 bits per heavy atom. The van der Waals surface area contributed by atoms with Crippen LogP contribution in [0, 0.1) is 5.92 Å². The van der Waals surface area contributed by atoms with E-state index in [1.54, 1.807) is 12.1 Å². The van der Waals surface area contributed by atoms with Crippen molar-refractivity contribution in [3.8, 4) is 0 Å². The Morgan fingerprint density at radius 3 is 2.50 bits per heavy atom. The van der Waals surface area contributed by atoms with Crippen molar-refractivity contribution in [2.75, 3.05) is 19.6 Å². The molecule has 26 heavy (non-hydrogen) atoms. The molecule has 2 aliphatic heterocycles. The van der Waals surface area contributed by atoms with Crippen molar-refractivity contribution in [3.05, 3.63) is 59.7 Å². The van der Waals surface area contributed by atoms with Crippen LogP contribution in [0.4, 0.5) is 0 Å². The highest BCUT2D eigenvalue weighted by molar-refractivity contribution is 7.99. The van der Waals surface area contributed by atoms with Crippen LogP contribution in [0.15, 0.2) is 58.3 Å². The Hall–Kier alpha value is -2.31. The summed E-state index contributed by atoms with van der Waals surface area (Å²) in [7, 11) is 0. The second-order valence-corrected chi connectivity index (χ2v) is 8.05. The minimum atomic E-state index is -0.434. The van der Waals surface area contributed by atoms with E-state index in [0.717, 1.165) is 22.9 Å². The monoisotopic (exact) mass is 367 g/mol. The first-order valence-corrected chi connectivity index (χ1v) is 9.61. The standard InChI is InChI=1S/C20H21N3O2S/c21-19(24)14-2-1-3-17(10-14)26-16-6-4-13(5-7-16)20(25)22-18-12-23-9-8-15(18)11-23/h1-7,10,15,18H,8-9,11-12H2,(H2,21,24)(H,22,25). The Bertz CT molecular complexity index is 837. The van der Waals surface area contributed by atoms with Gasteiger partial charge in [-0.1, -0.05) is 17.8 Å². The quantitative estimate of drug-likeness (QED) is 0.851. The second kappa shape index (κ2) is 7.13. The lowest BCUT2D eigenvalue weighted by atomic mass is 9.99. The van der Waals surface area contributed by atoms with Crippen LogP contribution in [0.25, 0.3) is 0 Å². The highest BCUT2D eigenvalue weighted by atomic mass is 32.2. The third-order valence-electron chi connectivity index (χ3n) is 5.12. The maximum Gasteiger partial charge on any atom is 0.251 e. The number of fused-ring (bicyclic) bond motifs is 2. The van der Waals surface area contributed by atoms with Gasteiger partial charge in [0.15, 0.2) is 0 Å². The largest absolute Gasteiger partial charge is 0.366 e. The van der Waals surface area contributed by atoms with Gasteiger partial charge in [0.2, 0.25) is 5.91 Å². The second-order valence-electron chi connectivity index (χ2n) is 6.91. The van der Waals surface area contributed by atoms with Crippen molar-refractivity contribution < 1.29 is 9.59 Å². The van der Waals surface area contributed by atoms with Gasteiger partial charge in [0.25, 0.3) is 5.91 Å². The molecule has 2 bridgehead atoms. The lowest BCUT2D eigenvalue weighted by Crippen LogP contribution is -2.43. The van der Waals surface area contributed by atoms with Crippen LogP contribution in [0.2, 0.25) is 0 Å². The van der Waals surface area contributed by atoms with E-state index >= 15 is 0 Å². The maximum absolute atomic E-state index is 12.5. The van der Waals surface area contributed by atoms with Crippen LogP contribution >= 0.6 is 11.8 Å². The summed E-state index contributed by atoms with van der Waals surface area (Å²) in [4.78, 5) is 28.1. The molecule has 2 aliphatic rings. The minimum absolute atomic E-state index is 0.00368. The normalized spacial score (nSPS) is 23.8. The van der Waals surface area contributed by atoms with Crippen molar-refractivity contribution in [1.29, 1.82) is 0 Å². The van der Waals surface area contributed by atoms with E-state index in [-0.39, 0.29) is 11.9 Å². The van der Waals surface area contributed by atoms with E-state index < -0.39 is 5.91 Å². The predicted molar refractivity (Wildman–Crippen MR) is 101 cm³/mol. The molecular formula is C20H21N3O2S. The minimum Gasteiger partial charge on any atom is -0.366 e. The molecule has 2 heterocycles. The van der Waals surface area contributed by atoms with E-state index in [2.05, 4.69) is 10.2 Å². The molecule has 3 unspecified atom stereocenters. The highest BCUT2D eigenvalue weighted by Crippen LogP contribution is 2.29. The summed E-state index contributed by atoms with van der Waals surface area (Å²) in [6.45, 7) is 3.26. The van der Waals surface area contributed by atoms with Crippen molar-refractivity contribution in [2.45, 2.75) is 22.3 Å². The number of nitrogens with zero attached hydrogens (tertiary/aromatic N) is 1. The van der Waals surface area contributed by atoms with Crippen LogP contribution in [0.5, 0.6) is 0 Å². The molecule has 0 radical (unpaired) electrons. The van der Waals surface area contributed by atoms with Gasteiger partial charge in [0.05, 0.1) is 0 Å². The summed E-state index contributed by atoms with van der Waals surface area (Å²) in [5.74, 6) is 0.166. The van der Waals surface area contributed by atoms with E-state index in [9.17, 15) is 9.59 Å². The SMILES string of the molecule is NC(=O)c1cccc(Sc2ccc(C(=O)NC3CN4CCC3C4)cc2)c1. The fourth-order valence-corrected chi connectivity index (χ4v) is 4.60. The molecule has 4 rings (SSSR count). The number of carbonyl (C=O) groups is 2. The molecule has 0 spiro atoms. The lowest BCUT2D eigenvalue weighted by Gasteiger charge is -2.23. The molecule has 3 N–H and O–H groups in total. The van der Waals surface area contributed by atoms with Crippen LogP contribution in [-0.2, 0) is 0 Å². The van der Waals surface area contributed by atoms with E-state index in [1.165, 1.54) is 24.7 Å². The molecule has 2 fully saturated rings. The van der Waals surface area contributed by atoms with Crippen molar-refractivity contribution in [3.63, 3.8) is 0 Å². The van der Waals surface area contributed by atoms with Gasteiger partial charge in [-0.25, -0.2) is 0 Å². The average molecular weight is 367 g/mol. The first-order chi connectivity index (χ1) is 12.6. The topological polar surface area (TPSA) is 75.4 Å². The molecule has 5 nitrogen and oxygen atoms in total. The number of nitrogens with one attached hydrogen (secondary N) is 1. The third kappa shape index (κ3) is 3.61. The van der Waals surface area contributed by atoms with Crippen molar-refractivity contribution in [2.24, 2.45) is 11.7 Å². The molecule has 134 valence electrons. The number of primary amides is 1. The van der Waals surface area contributed by atoms with Crippen LogP contribution < -0.4 is 11.1 Å². The summed E-state index contributed by atoms with van der Waals surface area (Å²) in [6.07, 6.45) is 1.19. The van der Waals surface area contributed by atoms with Gasteiger partial charge in [0, 0.05) is 40.0 Å². The molecule has 3 atom stereocenters. The van der Waals surface area contributed by atoms with Crippen LogP contribution in [0.3, 0.4) is 0 Å². The molecule has 2 amide bonds. The summed E-state index contributed by atoms with van der Waals surface area (Å²) in [5, 5.41) is 3.18. The molecule has 0 aromatic heterocycles. The smallest absolute Gasteiger partial charge is 0.251 e. The van der Waals surface area contributed by atoms with Crippen molar-refractivity contribution in [1.82, 2.24) is 10.2 Å². The van der Waals surface area contributed by atoms with Gasteiger partial charge in [-0.3, -0.25) is 9.59 Å². The van der Waals surface area contributed by atoms with E-state index in [0.29, 0.717) is 17.0 Å². The summed E-state index contributed by atoms with van der Waals surface area (Å²) in [6, 6.07) is 15.1. The van der Waals surface area contributed by atoms with Gasteiger partial charge in [0.1, 0.15) is 0 Å². The predicted octanol–water partition coefficient (Wildman–Crippen LogP) is 2.37. The van der Waals surface area contributed by atoms with Gasteiger partial charge < -0.3 is 16.0 Å². The first kappa shape index (κ1) is 17.1. The fourth-order valence-electron chi connectivity index (χ4n) is 3.72. The molecular weight excluding hydrogens is 346 g/mol. The summed E-state index contributed by atoms with van der Waals surface area (Å²) >= 11 is 1.54. The Labute approximate surface area is 156 Å². The zero-order chi connectivity index (χ0) is 18.1. The maximum atomic E-state index is 12.5. The number of hydrogen-bond donors (Lipinski definition) is 2. The number of amides is 2. The Morgan fingerprint density at radius 1 is 1.04 bits per heavy atom. The zero-order valence-corrected chi connectivity index (χ0v) is 15.2. The summed E-state index contributed by atoms with van der Waals surface area (Å²) < 4.78 is 0. The number of rotatable bonds is 5. The molecule has 2 saturated heterocycles.